The summed E-state index contributed by atoms with van der Waals surface area (Å²) >= 11 is 0. The molecule has 1 aliphatic carbocycles. The van der Waals surface area contributed by atoms with Gasteiger partial charge in [-0.2, -0.15) is 0 Å². The Balaban J connectivity index is 1.93. The second kappa shape index (κ2) is 9.48. The molecule has 1 aliphatic rings. The van der Waals surface area contributed by atoms with Crippen molar-refractivity contribution in [1.29, 1.82) is 0 Å². The van der Waals surface area contributed by atoms with E-state index in [1.165, 1.54) is 14.2 Å². The van der Waals surface area contributed by atoms with Crippen molar-refractivity contribution in [1.82, 2.24) is 14.4 Å². The molecule has 34 heavy (non-hydrogen) atoms. The Bertz CT molecular complexity index is 1310. The number of benzene rings is 2. The predicted octanol–water partition coefficient (Wildman–Crippen LogP) is 2.73. The Kier molecular flexibility index (Phi) is 6.63. The van der Waals surface area contributed by atoms with Gasteiger partial charge < -0.3 is 28.6 Å². The van der Waals surface area contributed by atoms with Crippen molar-refractivity contribution in [2.75, 3.05) is 62.1 Å². The standard InChI is InChI=1S/C26H31N3O5/c1-27(2)9-10-29-24-17-8-7-16(34-12-11-28(3)4)13-19(17)25(30)23(24)18-14-21(32-5)22(33-6)15-20(18)26(29)31/h7-8,13-15H,9-12H2,1-6H3. The number of hydrogen-bond acceptors (Lipinski definition) is 7. The first-order valence-corrected chi connectivity index (χ1v) is 11.2. The van der Waals surface area contributed by atoms with Gasteiger partial charge in [0.15, 0.2) is 17.3 Å². The molecule has 8 nitrogen and oxygen atoms in total. The quantitative estimate of drug-likeness (QED) is 0.376. The van der Waals surface area contributed by atoms with Gasteiger partial charge in [0.25, 0.3) is 5.56 Å². The first kappa shape index (κ1) is 23.8. The maximum atomic E-state index is 13.7. The fourth-order valence-electron chi connectivity index (χ4n) is 4.28. The summed E-state index contributed by atoms with van der Waals surface area (Å²) in [5.74, 6) is 1.43. The van der Waals surface area contributed by atoms with E-state index in [2.05, 4.69) is 0 Å². The van der Waals surface area contributed by atoms with Crippen molar-refractivity contribution in [3.63, 3.8) is 0 Å². The normalized spacial score (nSPS) is 12.4. The highest BCUT2D eigenvalue weighted by Gasteiger charge is 2.33. The van der Waals surface area contributed by atoms with Gasteiger partial charge in [-0.1, -0.05) is 0 Å². The third kappa shape index (κ3) is 4.15. The highest BCUT2D eigenvalue weighted by atomic mass is 16.5. The molecule has 0 unspecified atom stereocenters. The summed E-state index contributed by atoms with van der Waals surface area (Å²) in [5, 5.41) is 0.994. The Hall–Kier alpha value is -3.36. The number of fused-ring (bicyclic) bond motifs is 5. The molecule has 1 heterocycles. The molecule has 0 N–H and O–H groups in total. The molecular formula is C26H31N3O5. The van der Waals surface area contributed by atoms with Crippen LogP contribution in [-0.2, 0) is 6.54 Å². The monoisotopic (exact) mass is 465 g/mol. The summed E-state index contributed by atoms with van der Waals surface area (Å²) in [5.41, 5.74) is 2.27. The van der Waals surface area contributed by atoms with Crippen molar-refractivity contribution in [2.24, 2.45) is 0 Å². The van der Waals surface area contributed by atoms with Crippen molar-refractivity contribution < 1.29 is 19.0 Å². The van der Waals surface area contributed by atoms with E-state index in [-0.39, 0.29) is 11.3 Å². The molecule has 0 aliphatic heterocycles. The highest BCUT2D eigenvalue weighted by molar-refractivity contribution is 6.27. The average Bonchev–Trinajstić information content (AvgIpc) is 3.09. The summed E-state index contributed by atoms with van der Waals surface area (Å²) < 4.78 is 18.5. The fraction of sp³-hybridized carbons (Fsp3) is 0.385. The van der Waals surface area contributed by atoms with Gasteiger partial charge in [0.1, 0.15) is 12.4 Å². The zero-order valence-electron chi connectivity index (χ0n) is 20.6. The summed E-state index contributed by atoms with van der Waals surface area (Å²) in [7, 11) is 10.9. The van der Waals surface area contributed by atoms with Crippen LogP contribution in [0.3, 0.4) is 0 Å². The van der Waals surface area contributed by atoms with Crippen molar-refractivity contribution in [3.8, 4) is 28.5 Å². The minimum atomic E-state index is -0.163. The van der Waals surface area contributed by atoms with E-state index in [0.29, 0.717) is 64.5 Å². The minimum Gasteiger partial charge on any atom is -0.493 e. The zero-order chi connectivity index (χ0) is 24.6. The number of aromatic nitrogens is 1. The highest BCUT2D eigenvalue weighted by Crippen LogP contribution is 2.43. The number of ketones is 1. The molecule has 180 valence electrons. The minimum absolute atomic E-state index is 0.126. The largest absolute Gasteiger partial charge is 0.493 e. The lowest BCUT2D eigenvalue weighted by Crippen LogP contribution is -2.28. The smallest absolute Gasteiger partial charge is 0.259 e. The average molecular weight is 466 g/mol. The van der Waals surface area contributed by atoms with E-state index in [1.807, 2.05) is 50.1 Å². The van der Waals surface area contributed by atoms with Crippen LogP contribution in [0.5, 0.6) is 17.2 Å². The molecule has 0 bridgehead atoms. The number of likely N-dealkylation sites (N-methyl/N-ethyl adjacent to an activating group) is 2. The molecule has 0 amide bonds. The SMILES string of the molecule is COc1cc2c3c(n(CCN(C)C)c(=O)c2cc1OC)-c1ccc(OCCN(C)C)cc1C3=O. The molecule has 0 atom stereocenters. The van der Waals surface area contributed by atoms with Gasteiger partial charge in [-0.15, -0.1) is 0 Å². The van der Waals surface area contributed by atoms with Crippen LogP contribution >= 0.6 is 0 Å². The second-order valence-corrected chi connectivity index (χ2v) is 8.92. The molecule has 4 rings (SSSR count). The van der Waals surface area contributed by atoms with Gasteiger partial charge in [-0.25, -0.2) is 0 Å². The van der Waals surface area contributed by atoms with Gasteiger partial charge in [0.2, 0.25) is 0 Å². The Morgan fingerprint density at radius 1 is 0.824 bits per heavy atom. The lowest BCUT2D eigenvalue weighted by atomic mass is 10.0. The predicted molar refractivity (Wildman–Crippen MR) is 133 cm³/mol. The van der Waals surface area contributed by atoms with E-state index >= 15 is 0 Å². The van der Waals surface area contributed by atoms with Crippen LogP contribution in [0.1, 0.15) is 15.9 Å². The number of carbonyl (C=O) groups excluding carboxylic acids is 1. The number of ether oxygens (including phenoxy) is 3. The molecule has 0 saturated heterocycles. The topological polar surface area (TPSA) is 73.2 Å². The van der Waals surface area contributed by atoms with Crippen molar-refractivity contribution in [3.05, 3.63) is 51.8 Å². The lowest BCUT2D eigenvalue weighted by molar-refractivity contribution is 0.104. The molecule has 0 saturated carbocycles. The summed E-state index contributed by atoms with van der Waals surface area (Å²) in [6.45, 7) is 2.38. The molecular weight excluding hydrogens is 434 g/mol. The fourth-order valence-corrected chi connectivity index (χ4v) is 4.28. The first-order valence-electron chi connectivity index (χ1n) is 11.2. The third-order valence-corrected chi connectivity index (χ3v) is 6.07. The van der Waals surface area contributed by atoms with E-state index < -0.39 is 0 Å². The third-order valence-electron chi connectivity index (χ3n) is 6.07. The number of rotatable bonds is 9. The number of nitrogens with zero attached hydrogens (tertiary/aromatic N) is 3. The summed E-state index contributed by atoms with van der Waals surface area (Å²) in [4.78, 5) is 31.4. The van der Waals surface area contributed by atoms with Crippen LogP contribution in [0.4, 0.5) is 0 Å². The van der Waals surface area contributed by atoms with E-state index in [1.54, 1.807) is 22.8 Å². The van der Waals surface area contributed by atoms with Crippen LogP contribution in [0.15, 0.2) is 35.1 Å². The Morgan fingerprint density at radius 3 is 2.09 bits per heavy atom. The maximum absolute atomic E-state index is 13.7. The van der Waals surface area contributed by atoms with Crippen LogP contribution in [0.2, 0.25) is 0 Å². The molecule has 0 spiro atoms. The van der Waals surface area contributed by atoms with Crippen LogP contribution in [-0.4, -0.2) is 82.3 Å². The Labute approximate surface area is 199 Å². The molecule has 0 fully saturated rings. The molecule has 0 radical (unpaired) electrons. The van der Waals surface area contributed by atoms with E-state index in [4.69, 9.17) is 14.2 Å². The van der Waals surface area contributed by atoms with Gasteiger partial charge in [0.05, 0.1) is 30.9 Å². The second-order valence-electron chi connectivity index (χ2n) is 8.92. The van der Waals surface area contributed by atoms with E-state index in [0.717, 1.165) is 12.1 Å². The van der Waals surface area contributed by atoms with Gasteiger partial charge in [-0.3, -0.25) is 9.59 Å². The number of carbonyl (C=O) groups is 1. The van der Waals surface area contributed by atoms with Gasteiger partial charge in [0, 0.05) is 36.1 Å². The molecule has 1 aromatic heterocycles. The van der Waals surface area contributed by atoms with Gasteiger partial charge in [-0.05, 0) is 58.5 Å². The number of hydrogen-bond donors (Lipinski definition) is 0. The molecule has 3 aromatic rings. The van der Waals surface area contributed by atoms with Crippen molar-refractivity contribution in [2.45, 2.75) is 6.54 Å². The Morgan fingerprint density at radius 2 is 1.47 bits per heavy atom. The maximum Gasteiger partial charge on any atom is 0.259 e. The van der Waals surface area contributed by atoms with Crippen LogP contribution < -0.4 is 19.8 Å². The molecule has 2 aromatic carbocycles. The number of methoxy groups -OCH3 is 2. The van der Waals surface area contributed by atoms with Gasteiger partial charge >= 0.3 is 0 Å². The van der Waals surface area contributed by atoms with Crippen LogP contribution in [0, 0.1) is 0 Å². The van der Waals surface area contributed by atoms with E-state index in [9.17, 15) is 9.59 Å². The first-order chi connectivity index (χ1) is 16.3. The van der Waals surface area contributed by atoms with Crippen molar-refractivity contribution >= 4 is 16.6 Å². The number of pyridine rings is 1. The lowest BCUT2D eigenvalue weighted by Gasteiger charge is -2.18. The van der Waals surface area contributed by atoms with Crippen LogP contribution in [0.25, 0.3) is 22.0 Å². The zero-order valence-corrected chi connectivity index (χ0v) is 20.6. The summed E-state index contributed by atoms with van der Waals surface area (Å²) in [6, 6.07) is 8.90. The molecule has 8 heteroatoms. The summed E-state index contributed by atoms with van der Waals surface area (Å²) in [6.07, 6.45) is 0.